The Morgan fingerprint density at radius 3 is 2.17 bits per heavy atom. The smallest absolute Gasteiger partial charge is 0.228 e. The van der Waals surface area contributed by atoms with Gasteiger partial charge in [-0.1, -0.05) is 42.5 Å². The lowest BCUT2D eigenvalue weighted by molar-refractivity contribution is -0.115. The minimum atomic E-state index is -3.29. The van der Waals surface area contributed by atoms with Crippen LogP contribution in [0.15, 0.2) is 65.6 Å². The molecular weight excluding hydrogens is 508 g/mol. The first-order valence-corrected chi connectivity index (χ1v) is 13.0. The van der Waals surface area contributed by atoms with E-state index in [4.69, 9.17) is 16.3 Å². The summed E-state index contributed by atoms with van der Waals surface area (Å²) >= 11 is 5.64. The number of nitrogens with one attached hydrogen (secondary N) is 1. The Morgan fingerprint density at radius 1 is 1.03 bits per heavy atom. The monoisotopic (exact) mass is 531 g/mol. The molecule has 0 saturated heterocycles. The van der Waals surface area contributed by atoms with Crippen LogP contribution in [0.5, 0.6) is 5.75 Å². The van der Waals surface area contributed by atoms with Gasteiger partial charge in [-0.2, -0.15) is 0 Å². The van der Waals surface area contributed by atoms with Gasteiger partial charge in [-0.3, -0.25) is 4.79 Å². The second kappa shape index (κ2) is 11.1. The van der Waals surface area contributed by atoms with Crippen molar-refractivity contribution in [1.82, 2.24) is 0 Å². The average Bonchev–Trinajstić information content (AvgIpc) is 2.81. The van der Waals surface area contributed by atoms with Crippen molar-refractivity contribution < 1.29 is 26.7 Å². The number of amides is 1. The molecule has 1 amide bonds. The van der Waals surface area contributed by atoms with Gasteiger partial charge in [-0.25, -0.2) is 17.2 Å². The van der Waals surface area contributed by atoms with Crippen LogP contribution >= 0.6 is 11.6 Å². The number of carbonyl (C=O) groups is 1. The summed E-state index contributed by atoms with van der Waals surface area (Å²) < 4.78 is 57.3. The summed E-state index contributed by atoms with van der Waals surface area (Å²) in [6.07, 6.45) is 0.0807. The molecule has 0 aromatic heterocycles. The first-order valence-electron chi connectivity index (χ1n) is 11.0. The van der Waals surface area contributed by atoms with E-state index in [1.807, 2.05) is 0 Å². The van der Waals surface area contributed by atoms with Crippen LogP contribution < -0.4 is 10.1 Å². The first-order chi connectivity index (χ1) is 16.9. The predicted octanol–water partition coefficient (Wildman–Crippen LogP) is 5.80. The topological polar surface area (TPSA) is 72.5 Å². The molecule has 3 rings (SSSR count). The van der Waals surface area contributed by atoms with Crippen LogP contribution in [0.1, 0.15) is 31.9 Å². The van der Waals surface area contributed by atoms with Gasteiger partial charge in [0.15, 0.2) is 32.8 Å². The quantitative estimate of drug-likeness (QED) is 0.391. The molecule has 0 heterocycles. The number of anilines is 1. The molecule has 0 aliphatic carbocycles. The van der Waals surface area contributed by atoms with E-state index in [2.05, 4.69) is 17.2 Å². The van der Waals surface area contributed by atoms with Crippen molar-refractivity contribution in [2.24, 2.45) is 0 Å². The SMILES string of the molecule is CCS(=O)(=O)c1ccc(CC(=O)Nc2ccc(C#CC(C)(C)Oc3c(F)cc(Cl)cc3F)cc2)cc1. The molecule has 0 bridgehead atoms. The largest absolute Gasteiger partial charge is 0.469 e. The second-order valence-electron chi connectivity index (χ2n) is 8.41. The molecule has 0 atom stereocenters. The number of sulfone groups is 1. The number of hydrogen-bond acceptors (Lipinski definition) is 4. The molecule has 0 radical (unpaired) electrons. The highest BCUT2D eigenvalue weighted by Gasteiger charge is 2.22. The van der Waals surface area contributed by atoms with Gasteiger partial charge in [0, 0.05) is 16.3 Å². The molecule has 0 aliphatic heterocycles. The molecule has 3 aromatic carbocycles. The number of rotatable bonds is 7. The molecule has 1 N–H and O–H groups in total. The summed E-state index contributed by atoms with van der Waals surface area (Å²) in [6, 6.07) is 14.9. The third-order valence-electron chi connectivity index (χ3n) is 5.02. The lowest BCUT2D eigenvalue weighted by atomic mass is 10.1. The van der Waals surface area contributed by atoms with Crippen LogP contribution in [0, 0.1) is 23.5 Å². The Hall–Kier alpha value is -3.41. The normalized spacial score (nSPS) is 11.4. The lowest BCUT2D eigenvalue weighted by Gasteiger charge is -2.21. The van der Waals surface area contributed by atoms with E-state index in [0.717, 1.165) is 12.1 Å². The zero-order chi connectivity index (χ0) is 26.5. The van der Waals surface area contributed by atoms with E-state index < -0.39 is 32.8 Å². The minimum absolute atomic E-state index is 0.0111. The van der Waals surface area contributed by atoms with Crippen molar-refractivity contribution in [1.29, 1.82) is 0 Å². The fourth-order valence-electron chi connectivity index (χ4n) is 3.14. The average molecular weight is 532 g/mol. The van der Waals surface area contributed by atoms with Crippen molar-refractivity contribution in [2.45, 2.75) is 37.7 Å². The minimum Gasteiger partial charge on any atom is -0.469 e. The lowest BCUT2D eigenvalue weighted by Crippen LogP contribution is -2.27. The Kier molecular flexibility index (Phi) is 8.39. The second-order valence-corrected chi connectivity index (χ2v) is 11.1. The molecule has 36 heavy (non-hydrogen) atoms. The number of hydrogen-bond donors (Lipinski definition) is 1. The number of carbonyl (C=O) groups excluding carboxylic acids is 1. The van der Waals surface area contributed by atoms with Gasteiger partial charge < -0.3 is 10.1 Å². The molecule has 0 aliphatic rings. The third-order valence-corrected chi connectivity index (χ3v) is 6.99. The van der Waals surface area contributed by atoms with Gasteiger partial charge in [0.25, 0.3) is 0 Å². The molecule has 0 saturated carbocycles. The van der Waals surface area contributed by atoms with E-state index in [1.54, 1.807) is 57.2 Å². The Labute approximate surface area is 214 Å². The molecule has 0 spiro atoms. The van der Waals surface area contributed by atoms with Crippen LogP contribution in [0.25, 0.3) is 0 Å². The van der Waals surface area contributed by atoms with Crippen molar-refractivity contribution in [3.8, 4) is 17.6 Å². The maximum absolute atomic E-state index is 14.0. The van der Waals surface area contributed by atoms with E-state index in [1.165, 1.54) is 12.1 Å². The van der Waals surface area contributed by atoms with Crippen molar-refractivity contribution in [3.05, 3.63) is 88.4 Å². The maximum atomic E-state index is 14.0. The van der Waals surface area contributed by atoms with Crippen molar-refractivity contribution >= 4 is 33.0 Å². The summed E-state index contributed by atoms with van der Waals surface area (Å²) in [4.78, 5) is 12.6. The summed E-state index contributed by atoms with van der Waals surface area (Å²) in [5.74, 6) is 3.08. The van der Waals surface area contributed by atoms with Crippen molar-refractivity contribution in [3.63, 3.8) is 0 Å². The Bertz CT molecular complexity index is 1400. The van der Waals surface area contributed by atoms with Crippen LogP contribution in [0.4, 0.5) is 14.5 Å². The zero-order valence-corrected chi connectivity index (χ0v) is 21.4. The maximum Gasteiger partial charge on any atom is 0.228 e. The third kappa shape index (κ3) is 7.30. The Morgan fingerprint density at radius 2 is 1.61 bits per heavy atom. The molecule has 0 unspecified atom stereocenters. The molecular formula is C27H24ClF2NO4S. The highest BCUT2D eigenvalue weighted by Crippen LogP contribution is 2.28. The Balaban J connectivity index is 1.61. The van der Waals surface area contributed by atoms with Crippen LogP contribution in [-0.4, -0.2) is 25.7 Å². The van der Waals surface area contributed by atoms with Gasteiger partial charge in [0.05, 0.1) is 17.1 Å². The molecule has 0 fully saturated rings. The fraction of sp³-hybridized carbons (Fsp3) is 0.222. The van der Waals surface area contributed by atoms with Gasteiger partial charge >= 0.3 is 0 Å². The highest BCUT2D eigenvalue weighted by atomic mass is 35.5. The number of halogens is 3. The van der Waals surface area contributed by atoms with Crippen molar-refractivity contribution in [2.75, 3.05) is 11.1 Å². The van der Waals surface area contributed by atoms with Crippen LogP contribution in [0.2, 0.25) is 5.02 Å². The van der Waals surface area contributed by atoms with E-state index in [-0.39, 0.29) is 28.0 Å². The molecule has 3 aromatic rings. The number of ether oxygens (including phenoxy) is 1. The van der Waals surface area contributed by atoms with E-state index in [9.17, 15) is 22.0 Å². The fourth-order valence-corrected chi connectivity index (χ4v) is 4.21. The van der Waals surface area contributed by atoms with Gasteiger partial charge in [0.1, 0.15) is 0 Å². The van der Waals surface area contributed by atoms with Crippen LogP contribution in [0.3, 0.4) is 0 Å². The van der Waals surface area contributed by atoms with Gasteiger partial charge in [-0.05, 0) is 67.9 Å². The zero-order valence-electron chi connectivity index (χ0n) is 19.9. The highest BCUT2D eigenvalue weighted by molar-refractivity contribution is 7.91. The molecule has 9 heteroatoms. The number of benzene rings is 3. The van der Waals surface area contributed by atoms with Crippen LogP contribution in [-0.2, 0) is 21.1 Å². The summed E-state index contributed by atoms with van der Waals surface area (Å²) in [5.41, 5.74) is 0.640. The van der Waals surface area contributed by atoms with E-state index in [0.29, 0.717) is 16.8 Å². The summed E-state index contributed by atoms with van der Waals surface area (Å²) in [6.45, 7) is 4.73. The van der Waals surface area contributed by atoms with E-state index >= 15 is 0 Å². The summed E-state index contributed by atoms with van der Waals surface area (Å²) in [7, 11) is -3.29. The first kappa shape index (κ1) is 27.2. The van der Waals surface area contributed by atoms with Gasteiger partial charge in [0.2, 0.25) is 5.91 Å². The standard InChI is InChI=1S/C27H24ClF2NO4S/c1-4-36(33,34)22-11-7-19(8-12-22)15-25(32)31-21-9-5-18(6-10-21)13-14-27(2,3)35-26-23(29)16-20(28)17-24(26)30/h5-12,16-17H,4,15H2,1-3H3,(H,31,32). The predicted molar refractivity (Wildman–Crippen MR) is 136 cm³/mol. The molecule has 188 valence electrons. The summed E-state index contributed by atoms with van der Waals surface area (Å²) in [5, 5.41) is 2.70. The van der Waals surface area contributed by atoms with Gasteiger partial charge in [-0.15, -0.1) is 0 Å². The molecule has 5 nitrogen and oxygen atoms in total.